The average molecular weight is 301 g/mol. The SMILES string of the molecule is CC(CO)NCc1cn(-c2ccc(Cl)c(Cl)c2)nn1. The van der Waals surface area contributed by atoms with Gasteiger partial charge in [-0.2, -0.15) is 0 Å². The zero-order chi connectivity index (χ0) is 13.8. The Kier molecular flexibility index (Phi) is 4.76. The molecule has 7 heteroatoms. The first-order valence-electron chi connectivity index (χ1n) is 5.81. The predicted molar refractivity (Wildman–Crippen MR) is 74.8 cm³/mol. The summed E-state index contributed by atoms with van der Waals surface area (Å²) in [5.74, 6) is 0. The molecule has 1 unspecified atom stereocenters. The zero-order valence-corrected chi connectivity index (χ0v) is 11.9. The first kappa shape index (κ1) is 14.3. The minimum atomic E-state index is 0.0233. The minimum absolute atomic E-state index is 0.0233. The van der Waals surface area contributed by atoms with Crippen molar-refractivity contribution in [3.8, 4) is 5.69 Å². The van der Waals surface area contributed by atoms with E-state index in [4.69, 9.17) is 28.3 Å². The molecule has 0 radical (unpaired) electrons. The molecule has 0 fully saturated rings. The van der Waals surface area contributed by atoms with E-state index in [1.807, 2.05) is 13.0 Å². The maximum atomic E-state index is 8.92. The van der Waals surface area contributed by atoms with Crippen molar-refractivity contribution >= 4 is 23.2 Å². The van der Waals surface area contributed by atoms with Crippen LogP contribution in [0.4, 0.5) is 0 Å². The van der Waals surface area contributed by atoms with Crippen LogP contribution in [0.15, 0.2) is 24.4 Å². The Morgan fingerprint density at radius 3 is 2.84 bits per heavy atom. The fraction of sp³-hybridized carbons (Fsp3) is 0.333. The van der Waals surface area contributed by atoms with Crippen LogP contribution in [0.2, 0.25) is 10.0 Å². The molecule has 2 aromatic rings. The zero-order valence-electron chi connectivity index (χ0n) is 10.3. The third-order valence-corrected chi connectivity index (χ3v) is 3.35. The summed E-state index contributed by atoms with van der Waals surface area (Å²) in [7, 11) is 0. The molecule has 0 aliphatic rings. The average Bonchev–Trinajstić information content (AvgIpc) is 2.88. The molecule has 1 aromatic carbocycles. The van der Waals surface area contributed by atoms with E-state index in [2.05, 4.69) is 15.6 Å². The van der Waals surface area contributed by atoms with Crippen LogP contribution in [-0.4, -0.2) is 32.7 Å². The summed E-state index contributed by atoms with van der Waals surface area (Å²) < 4.78 is 1.63. The van der Waals surface area contributed by atoms with Crippen LogP contribution >= 0.6 is 23.2 Å². The van der Waals surface area contributed by atoms with E-state index >= 15 is 0 Å². The number of nitrogens with one attached hydrogen (secondary N) is 1. The maximum Gasteiger partial charge on any atom is 0.0969 e. The van der Waals surface area contributed by atoms with Gasteiger partial charge in [0.2, 0.25) is 0 Å². The van der Waals surface area contributed by atoms with Gasteiger partial charge < -0.3 is 10.4 Å². The molecule has 1 heterocycles. The topological polar surface area (TPSA) is 63.0 Å². The molecule has 0 aliphatic carbocycles. The number of aromatic nitrogens is 3. The first-order chi connectivity index (χ1) is 9.10. The minimum Gasteiger partial charge on any atom is -0.395 e. The van der Waals surface area contributed by atoms with Gasteiger partial charge >= 0.3 is 0 Å². The van der Waals surface area contributed by atoms with Gasteiger partial charge in [0.15, 0.2) is 0 Å². The van der Waals surface area contributed by atoms with Crippen LogP contribution in [-0.2, 0) is 6.54 Å². The van der Waals surface area contributed by atoms with Crippen molar-refractivity contribution in [3.63, 3.8) is 0 Å². The van der Waals surface area contributed by atoms with E-state index in [9.17, 15) is 0 Å². The quantitative estimate of drug-likeness (QED) is 0.887. The summed E-state index contributed by atoms with van der Waals surface area (Å²) in [6, 6.07) is 5.28. The Hall–Kier alpha value is -1.14. The second kappa shape index (κ2) is 6.34. The first-order valence-corrected chi connectivity index (χ1v) is 6.56. The number of aliphatic hydroxyl groups is 1. The molecular formula is C12H14Cl2N4O. The van der Waals surface area contributed by atoms with E-state index < -0.39 is 0 Å². The molecular weight excluding hydrogens is 287 g/mol. The van der Waals surface area contributed by atoms with Gasteiger partial charge in [-0.3, -0.25) is 0 Å². The lowest BCUT2D eigenvalue weighted by Crippen LogP contribution is -2.28. The molecule has 2 rings (SSSR count). The highest BCUT2D eigenvalue weighted by Gasteiger charge is 2.06. The van der Waals surface area contributed by atoms with E-state index in [-0.39, 0.29) is 12.6 Å². The highest BCUT2D eigenvalue weighted by atomic mass is 35.5. The van der Waals surface area contributed by atoms with Crippen molar-refractivity contribution in [2.24, 2.45) is 0 Å². The van der Waals surface area contributed by atoms with Gasteiger partial charge in [0.05, 0.1) is 34.2 Å². The molecule has 5 nitrogen and oxygen atoms in total. The smallest absolute Gasteiger partial charge is 0.0969 e. The highest BCUT2D eigenvalue weighted by molar-refractivity contribution is 6.42. The Bertz CT molecular complexity index is 558. The molecule has 0 saturated heterocycles. The van der Waals surface area contributed by atoms with Crippen LogP contribution in [0.5, 0.6) is 0 Å². The summed E-state index contributed by atoms with van der Waals surface area (Å²) in [4.78, 5) is 0. The summed E-state index contributed by atoms with van der Waals surface area (Å²) in [5.41, 5.74) is 1.58. The number of halogens is 2. The number of rotatable bonds is 5. The molecule has 0 amide bonds. The van der Waals surface area contributed by atoms with E-state index in [0.717, 1.165) is 11.4 Å². The molecule has 1 atom stereocenters. The second-order valence-electron chi connectivity index (χ2n) is 4.22. The van der Waals surface area contributed by atoms with Gasteiger partial charge in [-0.25, -0.2) is 4.68 Å². The number of nitrogens with zero attached hydrogens (tertiary/aromatic N) is 3. The Morgan fingerprint density at radius 2 is 2.16 bits per heavy atom. The van der Waals surface area contributed by atoms with E-state index in [1.165, 1.54) is 0 Å². The monoisotopic (exact) mass is 300 g/mol. The van der Waals surface area contributed by atoms with Crippen molar-refractivity contribution in [1.29, 1.82) is 0 Å². The van der Waals surface area contributed by atoms with Crippen molar-refractivity contribution in [1.82, 2.24) is 20.3 Å². The van der Waals surface area contributed by atoms with Gasteiger partial charge in [0.25, 0.3) is 0 Å². The summed E-state index contributed by atoms with van der Waals surface area (Å²) in [6.07, 6.45) is 1.80. The molecule has 0 bridgehead atoms. The predicted octanol–water partition coefficient (Wildman–Crippen LogP) is 2.04. The number of benzene rings is 1. The van der Waals surface area contributed by atoms with Crippen LogP contribution in [0.25, 0.3) is 5.69 Å². The fourth-order valence-corrected chi connectivity index (χ4v) is 1.77. The summed E-state index contributed by atoms with van der Waals surface area (Å²) in [5, 5.41) is 21.1. The van der Waals surface area contributed by atoms with Gasteiger partial charge in [-0.1, -0.05) is 28.4 Å². The van der Waals surface area contributed by atoms with Gasteiger partial charge in [-0.15, -0.1) is 5.10 Å². The van der Waals surface area contributed by atoms with Gasteiger partial charge in [0.1, 0.15) is 0 Å². The lowest BCUT2D eigenvalue weighted by atomic mass is 10.3. The lowest BCUT2D eigenvalue weighted by molar-refractivity contribution is 0.250. The molecule has 0 aliphatic heterocycles. The Morgan fingerprint density at radius 1 is 1.37 bits per heavy atom. The maximum absolute atomic E-state index is 8.92. The highest BCUT2D eigenvalue weighted by Crippen LogP contribution is 2.24. The van der Waals surface area contributed by atoms with Crippen molar-refractivity contribution in [3.05, 3.63) is 40.1 Å². The molecule has 2 N–H and O–H groups in total. The van der Waals surface area contributed by atoms with Crippen molar-refractivity contribution < 1.29 is 5.11 Å². The standard InChI is InChI=1S/C12H14Cl2N4O/c1-8(7-19)15-5-9-6-18(17-16-9)10-2-3-11(13)12(14)4-10/h2-4,6,8,15,19H,5,7H2,1H3. The number of hydrogen-bond acceptors (Lipinski definition) is 4. The van der Waals surface area contributed by atoms with Crippen LogP contribution in [0.3, 0.4) is 0 Å². The normalized spacial score (nSPS) is 12.6. The van der Waals surface area contributed by atoms with Crippen LogP contribution in [0.1, 0.15) is 12.6 Å². The van der Waals surface area contributed by atoms with Crippen LogP contribution < -0.4 is 5.32 Å². The molecule has 102 valence electrons. The summed E-state index contributed by atoms with van der Waals surface area (Å²) in [6.45, 7) is 2.52. The second-order valence-corrected chi connectivity index (χ2v) is 5.03. The van der Waals surface area contributed by atoms with Crippen molar-refractivity contribution in [2.75, 3.05) is 6.61 Å². The Labute approximate surface area is 121 Å². The molecule has 0 saturated carbocycles. The largest absolute Gasteiger partial charge is 0.395 e. The van der Waals surface area contributed by atoms with Crippen LogP contribution in [0, 0.1) is 0 Å². The number of aliphatic hydroxyl groups excluding tert-OH is 1. The molecule has 19 heavy (non-hydrogen) atoms. The molecule has 1 aromatic heterocycles. The van der Waals surface area contributed by atoms with Gasteiger partial charge in [0, 0.05) is 12.6 Å². The molecule has 0 spiro atoms. The van der Waals surface area contributed by atoms with E-state index in [0.29, 0.717) is 16.6 Å². The summed E-state index contributed by atoms with van der Waals surface area (Å²) >= 11 is 11.8. The van der Waals surface area contributed by atoms with E-state index in [1.54, 1.807) is 23.0 Å². The fourth-order valence-electron chi connectivity index (χ4n) is 1.48. The third kappa shape index (κ3) is 3.67. The lowest BCUT2D eigenvalue weighted by Gasteiger charge is -2.07. The number of hydrogen-bond donors (Lipinski definition) is 2. The third-order valence-electron chi connectivity index (χ3n) is 2.61. The Balaban J connectivity index is 2.09. The van der Waals surface area contributed by atoms with Crippen molar-refractivity contribution in [2.45, 2.75) is 19.5 Å². The van der Waals surface area contributed by atoms with Gasteiger partial charge in [-0.05, 0) is 25.1 Å².